The van der Waals surface area contributed by atoms with E-state index >= 15 is 0 Å². The van der Waals surface area contributed by atoms with Gasteiger partial charge in [0, 0.05) is 22.9 Å². The summed E-state index contributed by atoms with van der Waals surface area (Å²) in [6.45, 7) is 2.48. The minimum Gasteiger partial charge on any atom is -0.367 e. The van der Waals surface area contributed by atoms with Gasteiger partial charge in [-0.1, -0.05) is 54.1 Å². The number of hydrogen-bond donors (Lipinski definition) is 3. The number of amides is 3. The van der Waals surface area contributed by atoms with Gasteiger partial charge in [0.05, 0.1) is 6.61 Å². The fourth-order valence-corrected chi connectivity index (χ4v) is 3.09. The number of benzene rings is 3. The van der Waals surface area contributed by atoms with Crippen molar-refractivity contribution in [1.82, 2.24) is 5.32 Å². The van der Waals surface area contributed by atoms with Crippen LogP contribution in [0.5, 0.6) is 0 Å². The van der Waals surface area contributed by atoms with Gasteiger partial charge in [-0.3, -0.25) is 4.79 Å². The van der Waals surface area contributed by atoms with E-state index in [0.717, 1.165) is 22.4 Å². The van der Waals surface area contributed by atoms with E-state index in [0.29, 0.717) is 17.3 Å². The monoisotopic (exact) mass is 437 g/mol. The molecule has 0 atom stereocenters. The zero-order chi connectivity index (χ0) is 22.1. The summed E-state index contributed by atoms with van der Waals surface area (Å²) in [6.07, 6.45) is 0. The summed E-state index contributed by atoms with van der Waals surface area (Å²) in [5.41, 5.74) is 4.10. The van der Waals surface area contributed by atoms with Crippen LogP contribution in [0.4, 0.5) is 16.2 Å². The van der Waals surface area contributed by atoms with Gasteiger partial charge in [0.1, 0.15) is 6.61 Å². The van der Waals surface area contributed by atoms with Gasteiger partial charge in [-0.05, 0) is 53.9 Å². The van der Waals surface area contributed by atoms with Gasteiger partial charge in [0.2, 0.25) is 5.91 Å². The Labute approximate surface area is 186 Å². The maximum absolute atomic E-state index is 12.2. The average Bonchev–Trinajstić information content (AvgIpc) is 2.74. The SMILES string of the molecule is Cc1cccc(NC(=O)Nc2cccc(CNC(=O)COCc3ccccc3Cl)c2)c1. The van der Waals surface area contributed by atoms with Crippen LogP contribution in [0.15, 0.2) is 72.8 Å². The summed E-state index contributed by atoms with van der Waals surface area (Å²) >= 11 is 6.07. The van der Waals surface area contributed by atoms with Gasteiger partial charge in [-0.25, -0.2) is 4.79 Å². The Balaban J connectivity index is 1.43. The lowest BCUT2D eigenvalue weighted by Gasteiger charge is -2.10. The molecule has 0 bridgehead atoms. The lowest BCUT2D eigenvalue weighted by atomic mass is 10.2. The van der Waals surface area contributed by atoms with Gasteiger partial charge in [0.15, 0.2) is 0 Å². The minimum absolute atomic E-state index is 0.0674. The number of urea groups is 1. The van der Waals surface area contributed by atoms with Crippen LogP contribution >= 0.6 is 11.6 Å². The predicted octanol–water partition coefficient (Wildman–Crippen LogP) is 5.13. The van der Waals surface area contributed by atoms with Crippen LogP contribution in [-0.4, -0.2) is 18.5 Å². The highest BCUT2D eigenvalue weighted by atomic mass is 35.5. The van der Waals surface area contributed by atoms with Gasteiger partial charge in [-0.2, -0.15) is 0 Å². The Morgan fingerprint density at radius 2 is 1.61 bits per heavy atom. The normalized spacial score (nSPS) is 10.4. The Morgan fingerprint density at radius 1 is 0.903 bits per heavy atom. The minimum atomic E-state index is -0.334. The first-order valence-electron chi connectivity index (χ1n) is 9.81. The molecule has 6 nitrogen and oxygen atoms in total. The van der Waals surface area contributed by atoms with E-state index in [4.69, 9.17) is 16.3 Å². The second-order valence-corrected chi connectivity index (χ2v) is 7.42. The van der Waals surface area contributed by atoms with E-state index in [1.165, 1.54) is 0 Å². The maximum atomic E-state index is 12.2. The first-order valence-corrected chi connectivity index (χ1v) is 10.2. The smallest absolute Gasteiger partial charge is 0.323 e. The Bertz CT molecular complexity index is 1060. The fourth-order valence-electron chi connectivity index (χ4n) is 2.90. The van der Waals surface area contributed by atoms with Crippen LogP contribution in [0.3, 0.4) is 0 Å². The molecule has 0 saturated carbocycles. The molecule has 3 aromatic rings. The van der Waals surface area contributed by atoms with Crippen molar-refractivity contribution in [2.24, 2.45) is 0 Å². The van der Waals surface area contributed by atoms with Crippen molar-refractivity contribution in [3.05, 3.63) is 94.5 Å². The summed E-state index contributed by atoms with van der Waals surface area (Å²) in [5.74, 6) is -0.234. The molecule has 3 aromatic carbocycles. The van der Waals surface area contributed by atoms with Crippen molar-refractivity contribution in [2.45, 2.75) is 20.1 Å². The molecule has 0 aliphatic heterocycles. The molecule has 0 aliphatic rings. The fraction of sp³-hybridized carbons (Fsp3) is 0.167. The van der Waals surface area contributed by atoms with Crippen molar-refractivity contribution in [1.29, 1.82) is 0 Å². The van der Waals surface area contributed by atoms with E-state index in [2.05, 4.69) is 16.0 Å². The van der Waals surface area contributed by atoms with E-state index < -0.39 is 0 Å². The molecule has 0 aliphatic carbocycles. The molecule has 3 rings (SSSR count). The molecular weight excluding hydrogens is 414 g/mol. The Kier molecular flexibility index (Phi) is 8.04. The second kappa shape index (κ2) is 11.2. The average molecular weight is 438 g/mol. The first-order chi connectivity index (χ1) is 15.0. The van der Waals surface area contributed by atoms with Crippen LogP contribution in [0, 0.1) is 6.92 Å². The highest BCUT2D eigenvalue weighted by molar-refractivity contribution is 6.31. The standard InChI is InChI=1S/C24H24ClN3O3/c1-17-6-4-9-20(12-17)27-24(30)28-21-10-5-7-18(13-21)14-26-23(29)16-31-15-19-8-2-3-11-22(19)25/h2-13H,14-16H2,1H3,(H,26,29)(H2,27,28,30). The van der Waals surface area contributed by atoms with E-state index in [9.17, 15) is 9.59 Å². The maximum Gasteiger partial charge on any atom is 0.323 e. The molecule has 7 heteroatoms. The molecule has 0 saturated heterocycles. The zero-order valence-electron chi connectivity index (χ0n) is 17.2. The molecule has 0 radical (unpaired) electrons. The van der Waals surface area contributed by atoms with Crippen LogP contribution in [0.2, 0.25) is 5.02 Å². The molecule has 3 N–H and O–H groups in total. The summed E-state index contributed by atoms with van der Waals surface area (Å²) in [7, 11) is 0. The third-order valence-electron chi connectivity index (χ3n) is 4.40. The number of halogens is 1. The van der Waals surface area contributed by atoms with Crippen LogP contribution in [0.1, 0.15) is 16.7 Å². The molecule has 31 heavy (non-hydrogen) atoms. The summed E-state index contributed by atoms with van der Waals surface area (Å²) < 4.78 is 5.43. The van der Waals surface area contributed by atoms with Crippen LogP contribution in [0.25, 0.3) is 0 Å². The van der Waals surface area contributed by atoms with Gasteiger partial charge >= 0.3 is 6.03 Å². The van der Waals surface area contributed by atoms with E-state index in [1.54, 1.807) is 18.2 Å². The van der Waals surface area contributed by atoms with Gasteiger partial charge in [0.25, 0.3) is 0 Å². The molecule has 160 valence electrons. The molecule has 0 unspecified atom stereocenters. The molecular formula is C24H24ClN3O3. The van der Waals surface area contributed by atoms with Crippen molar-refractivity contribution in [3.8, 4) is 0 Å². The number of anilines is 2. The Hall–Kier alpha value is -3.35. The van der Waals surface area contributed by atoms with Crippen LogP contribution < -0.4 is 16.0 Å². The Morgan fingerprint density at radius 3 is 2.35 bits per heavy atom. The lowest BCUT2D eigenvalue weighted by molar-refractivity contribution is -0.126. The molecule has 3 amide bonds. The number of carbonyl (C=O) groups is 2. The van der Waals surface area contributed by atoms with Crippen molar-refractivity contribution in [3.63, 3.8) is 0 Å². The summed E-state index contributed by atoms with van der Waals surface area (Å²) in [5, 5.41) is 9.00. The zero-order valence-corrected chi connectivity index (χ0v) is 17.9. The third-order valence-corrected chi connectivity index (χ3v) is 4.77. The summed E-state index contributed by atoms with van der Waals surface area (Å²) in [6, 6.07) is 21.8. The molecule has 0 fully saturated rings. The quantitative estimate of drug-likeness (QED) is 0.457. The third kappa shape index (κ3) is 7.44. The van der Waals surface area contributed by atoms with Crippen LogP contribution in [-0.2, 0) is 22.7 Å². The lowest BCUT2D eigenvalue weighted by Crippen LogP contribution is -2.27. The highest BCUT2D eigenvalue weighted by Crippen LogP contribution is 2.16. The molecule has 0 spiro atoms. The van der Waals surface area contributed by atoms with Gasteiger partial charge in [-0.15, -0.1) is 0 Å². The second-order valence-electron chi connectivity index (χ2n) is 7.01. The molecule has 0 aromatic heterocycles. The van der Waals surface area contributed by atoms with Crippen molar-refractivity contribution < 1.29 is 14.3 Å². The topological polar surface area (TPSA) is 79.5 Å². The predicted molar refractivity (Wildman–Crippen MR) is 123 cm³/mol. The number of aryl methyl sites for hydroxylation is 1. The number of nitrogens with one attached hydrogen (secondary N) is 3. The van der Waals surface area contributed by atoms with Gasteiger partial charge < -0.3 is 20.7 Å². The number of carbonyl (C=O) groups excluding carboxylic acids is 2. The molecule has 0 heterocycles. The number of hydrogen-bond acceptors (Lipinski definition) is 3. The summed E-state index contributed by atoms with van der Waals surface area (Å²) in [4.78, 5) is 24.2. The van der Waals surface area contributed by atoms with Crippen molar-refractivity contribution >= 4 is 34.9 Å². The van der Waals surface area contributed by atoms with E-state index in [1.807, 2.05) is 61.5 Å². The first kappa shape index (κ1) is 22.3. The number of ether oxygens (including phenoxy) is 1. The number of rotatable bonds is 8. The largest absolute Gasteiger partial charge is 0.367 e. The van der Waals surface area contributed by atoms with E-state index in [-0.39, 0.29) is 25.2 Å². The van der Waals surface area contributed by atoms with Crippen molar-refractivity contribution in [2.75, 3.05) is 17.2 Å². The highest BCUT2D eigenvalue weighted by Gasteiger charge is 2.06.